The minimum absolute atomic E-state index is 0.0839. The third-order valence-corrected chi connectivity index (χ3v) is 5.62. The number of nitrogens with one attached hydrogen (secondary N) is 1. The minimum Gasteiger partial charge on any atom is -0.322 e. The van der Waals surface area contributed by atoms with Crippen molar-refractivity contribution in [2.24, 2.45) is 0 Å². The Bertz CT molecular complexity index is 759. The molecule has 8 heteroatoms. The summed E-state index contributed by atoms with van der Waals surface area (Å²) in [7, 11) is 0. The standard InChI is InChI=1S/C18H21N5O2S/c24-16-15(6-8-23(16)14-4-2-1-3-5-14)21-9-11-22(12-10-21)18(25)20-17-19-7-13-26-17/h1-5,7,13,15H,6,8-12H2,(H,19,20,25). The van der Waals surface area contributed by atoms with Gasteiger partial charge in [0.25, 0.3) is 0 Å². The van der Waals surface area contributed by atoms with Crippen molar-refractivity contribution < 1.29 is 9.59 Å². The van der Waals surface area contributed by atoms with Gasteiger partial charge >= 0.3 is 6.03 Å². The predicted molar refractivity (Wildman–Crippen MR) is 101 cm³/mol. The van der Waals surface area contributed by atoms with Gasteiger partial charge in [0.1, 0.15) is 0 Å². The molecule has 2 aliphatic heterocycles. The van der Waals surface area contributed by atoms with Crippen LogP contribution < -0.4 is 10.2 Å². The number of nitrogens with zero attached hydrogens (tertiary/aromatic N) is 4. The van der Waals surface area contributed by atoms with Crippen LogP contribution in [0.2, 0.25) is 0 Å². The number of carbonyl (C=O) groups excluding carboxylic acids is 2. The Morgan fingerprint density at radius 1 is 1.12 bits per heavy atom. The Morgan fingerprint density at radius 3 is 2.58 bits per heavy atom. The lowest BCUT2D eigenvalue weighted by Crippen LogP contribution is -2.54. The summed E-state index contributed by atoms with van der Waals surface area (Å²) < 4.78 is 0. The Balaban J connectivity index is 1.32. The van der Waals surface area contributed by atoms with Crippen molar-refractivity contribution in [2.45, 2.75) is 12.5 Å². The van der Waals surface area contributed by atoms with Gasteiger partial charge in [-0.2, -0.15) is 0 Å². The van der Waals surface area contributed by atoms with E-state index in [1.165, 1.54) is 11.3 Å². The van der Waals surface area contributed by atoms with Crippen LogP contribution in [0.5, 0.6) is 0 Å². The summed E-state index contributed by atoms with van der Waals surface area (Å²) >= 11 is 1.40. The van der Waals surface area contributed by atoms with E-state index >= 15 is 0 Å². The van der Waals surface area contributed by atoms with Crippen molar-refractivity contribution in [3.05, 3.63) is 41.9 Å². The predicted octanol–water partition coefficient (Wildman–Crippen LogP) is 2.10. The molecule has 2 saturated heterocycles. The molecule has 1 atom stereocenters. The highest BCUT2D eigenvalue weighted by Crippen LogP contribution is 2.25. The van der Waals surface area contributed by atoms with Gasteiger partial charge in [-0.25, -0.2) is 9.78 Å². The minimum atomic E-state index is -0.122. The van der Waals surface area contributed by atoms with Crippen LogP contribution in [0.1, 0.15) is 6.42 Å². The van der Waals surface area contributed by atoms with E-state index in [4.69, 9.17) is 0 Å². The van der Waals surface area contributed by atoms with E-state index in [2.05, 4.69) is 15.2 Å². The van der Waals surface area contributed by atoms with Crippen LogP contribution in [-0.4, -0.2) is 65.5 Å². The largest absolute Gasteiger partial charge is 0.323 e. The Kier molecular flexibility index (Phi) is 4.85. The summed E-state index contributed by atoms with van der Waals surface area (Å²) in [5.74, 6) is 0.164. The molecule has 3 heterocycles. The van der Waals surface area contributed by atoms with Crippen molar-refractivity contribution in [3.63, 3.8) is 0 Å². The van der Waals surface area contributed by atoms with Crippen molar-refractivity contribution in [3.8, 4) is 0 Å². The fourth-order valence-corrected chi connectivity index (χ4v) is 4.08. The van der Waals surface area contributed by atoms with Crippen LogP contribution in [0.15, 0.2) is 41.9 Å². The van der Waals surface area contributed by atoms with E-state index < -0.39 is 0 Å². The molecular weight excluding hydrogens is 350 g/mol. The maximum Gasteiger partial charge on any atom is 0.323 e. The molecule has 1 aromatic carbocycles. The van der Waals surface area contributed by atoms with Gasteiger partial charge in [0.2, 0.25) is 5.91 Å². The zero-order valence-electron chi connectivity index (χ0n) is 14.4. The van der Waals surface area contributed by atoms with E-state index in [9.17, 15) is 9.59 Å². The lowest BCUT2D eigenvalue weighted by atomic mass is 10.2. The maximum atomic E-state index is 12.8. The number of carbonyl (C=O) groups is 2. The molecule has 2 aromatic rings. The number of amides is 3. The molecule has 0 bridgehead atoms. The fourth-order valence-electron chi connectivity index (χ4n) is 3.56. The first kappa shape index (κ1) is 17.0. The number of thiazole rings is 1. The van der Waals surface area contributed by atoms with Gasteiger partial charge in [-0.1, -0.05) is 18.2 Å². The monoisotopic (exact) mass is 371 g/mol. The molecule has 1 unspecified atom stereocenters. The van der Waals surface area contributed by atoms with Crippen molar-refractivity contribution in [1.29, 1.82) is 0 Å². The molecule has 2 aliphatic rings. The quantitative estimate of drug-likeness (QED) is 0.897. The molecule has 2 fully saturated rings. The number of hydrogen-bond acceptors (Lipinski definition) is 5. The van der Waals surface area contributed by atoms with Crippen LogP contribution >= 0.6 is 11.3 Å². The lowest BCUT2D eigenvalue weighted by molar-refractivity contribution is -0.122. The van der Waals surface area contributed by atoms with E-state index in [0.717, 1.165) is 18.7 Å². The van der Waals surface area contributed by atoms with Gasteiger partial charge in [0.05, 0.1) is 6.04 Å². The number of benzene rings is 1. The van der Waals surface area contributed by atoms with Crippen molar-refractivity contribution in [1.82, 2.24) is 14.8 Å². The first-order valence-corrected chi connectivity index (χ1v) is 9.66. The number of para-hydroxylation sites is 1. The van der Waals surface area contributed by atoms with E-state index in [1.807, 2.05) is 40.6 Å². The fraction of sp³-hybridized carbons (Fsp3) is 0.389. The maximum absolute atomic E-state index is 12.8. The van der Waals surface area contributed by atoms with Gasteiger partial charge in [0.15, 0.2) is 5.13 Å². The average Bonchev–Trinajstić information content (AvgIpc) is 3.32. The number of urea groups is 1. The third-order valence-electron chi connectivity index (χ3n) is 4.93. The highest BCUT2D eigenvalue weighted by molar-refractivity contribution is 7.13. The molecule has 0 radical (unpaired) electrons. The number of hydrogen-bond donors (Lipinski definition) is 1. The summed E-state index contributed by atoms with van der Waals surface area (Å²) in [6.07, 6.45) is 2.50. The molecular formula is C18H21N5O2S. The summed E-state index contributed by atoms with van der Waals surface area (Å²) in [6.45, 7) is 3.41. The molecule has 4 rings (SSSR count). The number of anilines is 2. The number of piperazine rings is 1. The molecule has 0 aliphatic carbocycles. The molecule has 3 amide bonds. The summed E-state index contributed by atoms with van der Waals surface area (Å²) in [5.41, 5.74) is 0.960. The molecule has 26 heavy (non-hydrogen) atoms. The number of rotatable bonds is 3. The second-order valence-corrected chi connectivity index (χ2v) is 7.31. The first-order valence-electron chi connectivity index (χ1n) is 8.78. The topological polar surface area (TPSA) is 68.8 Å². The molecule has 7 nitrogen and oxygen atoms in total. The van der Waals surface area contributed by atoms with Crippen LogP contribution in [0.4, 0.5) is 15.6 Å². The molecule has 0 saturated carbocycles. The van der Waals surface area contributed by atoms with Gasteiger partial charge in [0, 0.05) is 50.0 Å². The summed E-state index contributed by atoms with van der Waals surface area (Å²) in [5, 5.41) is 5.26. The zero-order chi connectivity index (χ0) is 17.9. The van der Waals surface area contributed by atoms with Crippen LogP contribution in [0.25, 0.3) is 0 Å². The zero-order valence-corrected chi connectivity index (χ0v) is 15.2. The lowest BCUT2D eigenvalue weighted by Gasteiger charge is -2.37. The highest BCUT2D eigenvalue weighted by Gasteiger charge is 2.38. The van der Waals surface area contributed by atoms with Crippen LogP contribution in [0, 0.1) is 0 Å². The van der Waals surface area contributed by atoms with Gasteiger partial charge in [-0.3, -0.25) is 15.0 Å². The Hall–Kier alpha value is -2.45. The van der Waals surface area contributed by atoms with Gasteiger partial charge < -0.3 is 9.80 Å². The SMILES string of the molecule is O=C(Nc1nccs1)N1CCN(C2CCN(c3ccccc3)C2=O)CC1. The second-order valence-electron chi connectivity index (χ2n) is 6.42. The van der Waals surface area contributed by atoms with E-state index in [-0.39, 0.29) is 18.0 Å². The normalized spacial score (nSPS) is 21.2. The third kappa shape index (κ3) is 3.42. The molecule has 0 spiro atoms. The van der Waals surface area contributed by atoms with Crippen LogP contribution in [0.3, 0.4) is 0 Å². The van der Waals surface area contributed by atoms with Gasteiger partial charge in [-0.15, -0.1) is 11.3 Å². The smallest absolute Gasteiger partial charge is 0.322 e. The van der Waals surface area contributed by atoms with Crippen molar-refractivity contribution in [2.75, 3.05) is 42.9 Å². The van der Waals surface area contributed by atoms with Gasteiger partial charge in [-0.05, 0) is 18.6 Å². The Morgan fingerprint density at radius 2 is 1.88 bits per heavy atom. The number of aromatic nitrogens is 1. The first-order chi connectivity index (χ1) is 12.7. The molecule has 136 valence electrons. The van der Waals surface area contributed by atoms with Crippen molar-refractivity contribution >= 4 is 34.1 Å². The highest BCUT2D eigenvalue weighted by atomic mass is 32.1. The Labute approximate surface area is 156 Å². The van der Waals surface area contributed by atoms with E-state index in [0.29, 0.717) is 31.3 Å². The van der Waals surface area contributed by atoms with E-state index in [1.54, 1.807) is 11.1 Å². The molecule has 1 aromatic heterocycles. The average molecular weight is 371 g/mol. The molecule has 1 N–H and O–H groups in total. The summed E-state index contributed by atoms with van der Waals surface area (Å²) in [6, 6.07) is 9.61. The summed E-state index contributed by atoms with van der Waals surface area (Å²) in [4.78, 5) is 35.0. The second kappa shape index (κ2) is 7.43. The van der Waals surface area contributed by atoms with Crippen LogP contribution in [-0.2, 0) is 4.79 Å².